The number of hydrogen-bond donors (Lipinski definition) is 2. The molecule has 0 aliphatic heterocycles. The first-order valence-electron chi connectivity index (χ1n) is 10.0. The van der Waals surface area contributed by atoms with Crippen molar-refractivity contribution in [1.29, 1.82) is 0 Å². The molecule has 9 heteroatoms. The van der Waals surface area contributed by atoms with E-state index in [-0.39, 0.29) is 23.8 Å². The van der Waals surface area contributed by atoms with Crippen molar-refractivity contribution in [3.05, 3.63) is 57.6 Å². The number of amides is 1. The van der Waals surface area contributed by atoms with E-state index in [2.05, 4.69) is 29.4 Å². The van der Waals surface area contributed by atoms with Gasteiger partial charge < -0.3 is 15.5 Å². The number of nitrogens with one attached hydrogen (secondary N) is 2. The number of hydrogen-bond acceptors (Lipinski definition) is 3. The summed E-state index contributed by atoms with van der Waals surface area (Å²) in [5.74, 6) is -0.283. The maximum atomic E-state index is 12.7. The van der Waals surface area contributed by atoms with Crippen molar-refractivity contribution < 1.29 is 18.0 Å². The lowest BCUT2D eigenvalue weighted by Crippen LogP contribution is -2.28. The fourth-order valence-corrected chi connectivity index (χ4v) is 3.55. The van der Waals surface area contributed by atoms with Gasteiger partial charge in [-0.1, -0.05) is 43.1 Å². The predicted molar refractivity (Wildman–Crippen MR) is 121 cm³/mol. The highest BCUT2D eigenvalue weighted by atomic mass is 35.5. The Kier molecular flexibility index (Phi) is 9.47. The normalized spacial score (nSPS) is 11.6. The number of alkyl halides is 3. The first-order chi connectivity index (χ1) is 14.6. The van der Waals surface area contributed by atoms with Crippen LogP contribution < -0.4 is 10.6 Å². The summed E-state index contributed by atoms with van der Waals surface area (Å²) in [6.45, 7) is 7.83. The minimum absolute atomic E-state index is 0.00851. The molecule has 2 aromatic rings. The molecule has 0 radical (unpaired) electrons. The molecule has 31 heavy (non-hydrogen) atoms. The first kappa shape index (κ1) is 25.3. The summed E-state index contributed by atoms with van der Waals surface area (Å²) in [5, 5.41) is 6.51. The number of carbonyl (C=O) groups excluding carboxylic acids is 1. The van der Waals surface area contributed by atoms with Gasteiger partial charge in [-0.25, -0.2) is 0 Å². The van der Waals surface area contributed by atoms with Crippen molar-refractivity contribution >= 4 is 40.5 Å². The van der Waals surface area contributed by atoms with Gasteiger partial charge in [-0.3, -0.25) is 4.79 Å². The first-order valence-corrected chi connectivity index (χ1v) is 10.8. The lowest BCUT2D eigenvalue weighted by Gasteiger charge is -2.19. The molecule has 4 nitrogen and oxygen atoms in total. The zero-order chi connectivity index (χ0) is 23.0. The number of anilines is 2. The van der Waals surface area contributed by atoms with E-state index in [0.29, 0.717) is 16.3 Å². The van der Waals surface area contributed by atoms with E-state index in [1.807, 2.05) is 0 Å². The third kappa shape index (κ3) is 7.91. The molecule has 0 bridgehead atoms. The van der Waals surface area contributed by atoms with E-state index >= 15 is 0 Å². The van der Waals surface area contributed by atoms with E-state index in [1.54, 1.807) is 18.2 Å². The van der Waals surface area contributed by atoms with E-state index in [4.69, 9.17) is 23.2 Å². The maximum absolute atomic E-state index is 12.7. The Balaban J connectivity index is 1.87. The van der Waals surface area contributed by atoms with Crippen LogP contribution in [0.1, 0.15) is 31.4 Å². The molecule has 2 rings (SSSR count). The fourth-order valence-electron chi connectivity index (χ4n) is 3.02. The summed E-state index contributed by atoms with van der Waals surface area (Å²) < 4.78 is 38.1. The lowest BCUT2D eigenvalue weighted by molar-refractivity contribution is -0.137. The van der Waals surface area contributed by atoms with Gasteiger partial charge in [0.1, 0.15) is 0 Å². The van der Waals surface area contributed by atoms with Crippen LogP contribution in [0.3, 0.4) is 0 Å². The molecule has 0 saturated heterocycles. The van der Waals surface area contributed by atoms with Crippen LogP contribution in [0.15, 0.2) is 36.4 Å². The van der Waals surface area contributed by atoms with Crippen LogP contribution >= 0.6 is 23.2 Å². The van der Waals surface area contributed by atoms with Crippen molar-refractivity contribution in [3.63, 3.8) is 0 Å². The lowest BCUT2D eigenvalue weighted by atomic mass is 10.1. The second kappa shape index (κ2) is 11.6. The van der Waals surface area contributed by atoms with Crippen LogP contribution in [0.5, 0.6) is 0 Å². The molecule has 1 amide bonds. The molecule has 0 spiro atoms. The van der Waals surface area contributed by atoms with Crippen molar-refractivity contribution in [2.45, 2.75) is 32.9 Å². The van der Waals surface area contributed by atoms with E-state index in [1.165, 1.54) is 6.07 Å². The summed E-state index contributed by atoms with van der Waals surface area (Å²) >= 11 is 12.2. The molecule has 0 saturated carbocycles. The molecule has 0 aliphatic rings. The molecule has 0 aliphatic carbocycles. The van der Waals surface area contributed by atoms with Crippen LogP contribution in [0.4, 0.5) is 24.5 Å². The quantitative estimate of drug-likeness (QED) is 0.421. The van der Waals surface area contributed by atoms with E-state index in [9.17, 15) is 18.0 Å². The molecular weight excluding hydrogens is 450 g/mol. The monoisotopic (exact) mass is 475 g/mol. The molecule has 2 aromatic carbocycles. The highest BCUT2D eigenvalue weighted by molar-refractivity contribution is 6.33. The summed E-state index contributed by atoms with van der Waals surface area (Å²) in [6, 6.07) is 8.34. The van der Waals surface area contributed by atoms with Crippen molar-refractivity contribution in [1.82, 2.24) is 4.90 Å². The number of aryl methyl sites for hydroxylation is 1. The van der Waals surface area contributed by atoms with E-state index < -0.39 is 11.7 Å². The summed E-state index contributed by atoms with van der Waals surface area (Å²) in [5.41, 5.74) is 0.993. The van der Waals surface area contributed by atoms with Crippen LogP contribution in [0.2, 0.25) is 10.0 Å². The minimum atomic E-state index is -4.45. The second-order valence-corrected chi connectivity index (χ2v) is 7.81. The van der Waals surface area contributed by atoms with Crippen molar-refractivity contribution in [2.24, 2.45) is 0 Å². The molecule has 170 valence electrons. The third-order valence-corrected chi connectivity index (χ3v) is 5.56. The van der Waals surface area contributed by atoms with Crippen molar-refractivity contribution in [3.8, 4) is 0 Å². The van der Waals surface area contributed by atoms with Gasteiger partial charge in [0.25, 0.3) is 0 Å². The highest BCUT2D eigenvalue weighted by Crippen LogP contribution is 2.32. The Morgan fingerprint density at radius 3 is 2.32 bits per heavy atom. The molecule has 0 unspecified atom stereocenters. The Morgan fingerprint density at radius 2 is 1.74 bits per heavy atom. The molecule has 0 atom stereocenters. The number of rotatable bonds is 10. The molecule has 0 fully saturated rings. The molecule has 2 N–H and O–H groups in total. The van der Waals surface area contributed by atoms with Gasteiger partial charge in [0.2, 0.25) is 5.91 Å². The number of benzene rings is 2. The second-order valence-electron chi connectivity index (χ2n) is 7.00. The largest absolute Gasteiger partial charge is 0.416 e. The zero-order valence-electron chi connectivity index (χ0n) is 17.5. The summed E-state index contributed by atoms with van der Waals surface area (Å²) in [7, 11) is 0. The number of halogens is 5. The van der Waals surface area contributed by atoms with Gasteiger partial charge in [0.15, 0.2) is 0 Å². The topological polar surface area (TPSA) is 44.4 Å². The number of carbonyl (C=O) groups is 1. The molecule has 0 aromatic heterocycles. The Hall–Kier alpha value is -1.96. The van der Waals surface area contributed by atoms with Gasteiger partial charge in [-0.05, 0) is 55.4 Å². The maximum Gasteiger partial charge on any atom is 0.416 e. The van der Waals surface area contributed by atoms with Gasteiger partial charge in [0, 0.05) is 30.2 Å². The number of likely N-dealkylation sites (N-methyl/N-ethyl adjacent to an activating group) is 1. The average molecular weight is 476 g/mol. The van der Waals surface area contributed by atoms with Gasteiger partial charge in [-0.2, -0.15) is 13.2 Å². The van der Waals surface area contributed by atoms with Crippen LogP contribution in [0.25, 0.3) is 0 Å². The Morgan fingerprint density at radius 1 is 1.03 bits per heavy atom. The average Bonchev–Trinajstić information content (AvgIpc) is 2.71. The summed E-state index contributed by atoms with van der Waals surface area (Å²) in [6.07, 6.45) is -4.15. The van der Waals surface area contributed by atoms with E-state index in [0.717, 1.165) is 44.0 Å². The Labute approximate surface area is 190 Å². The summed E-state index contributed by atoms with van der Waals surface area (Å²) in [4.78, 5) is 14.5. The highest BCUT2D eigenvalue weighted by Gasteiger charge is 2.30. The minimum Gasteiger partial charge on any atom is -0.383 e. The van der Waals surface area contributed by atoms with Gasteiger partial charge >= 0.3 is 6.18 Å². The fraction of sp³-hybridized carbons (Fsp3) is 0.409. The predicted octanol–water partition coefficient (Wildman–Crippen LogP) is 6.34. The number of nitrogens with zero attached hydrogens (tertiary/aromatic N) is 1. The molecule has 0 heterocycles. The standard InChI is InChI=1S/C22H26Cl2F3N3O/c1-3-30(4-2)12-11-28-20-9-8-17(14-19(20)24)29-21(31)10-6-15-5-7-16(13-18(15)23)22(25,26)27/h5,7-9,13-14,28H,3-4,6,10-12H2,1-2H3,(H,29,31). The van der Waals surface area contributed by atoms with Crippen molar-refractivity contribution in [2.75, 3.05) is 36.8 Å². The smallest absolute Gasteiger partial charge is 0.383 e. The third-order valence-electron chi connectivity index (χ3n) is 4.89. The van der Waals surface area contributed by atoms with Gasteiger partial charge in [-0.15, -0.1) is 0 Å². The SMILES string of the molecule is CCN(CC)CCNc1ccc(NC(=O)CCc2ccc(C(F)(F)F)cc2Cl)cc1Cl. The van der Waals surface area contributed by atoms with Gasteiger partial charge in [0.05, 0.1) is 16.3 Å². The van der Waals surface area contributed by atoms with Crippen LogP contribution in [-0.4, -0.2) is 37.0 Å². The van der Waals surface area contributed by atoms with Crippen LogP contribution in [-0.2, 0) is 17.4 Å². The molecular formula is C22H26Cl2F3N3O. The Bertz CT molecular complexity index is 887. The zero-order valence-corrected chi connectivity index (χ0v) is 19.0. The van der Waals surface area contributed by atoms with Crippen LogP contribution in [0, 0.1) is 0 Å².